The first kappa shape index (κ1) is 17.7. The summed E-state index contributed by atoms with van der Waals surface area (Å²) in [5.74, 6) is -1.44. The molecule has 8 heteroatoms. The standard InChI is InChI=1S/C18H18F2N4O2/c19-15-8-14(9-16(20)17(15)24-7-6-21-12-23-24)10-22-18(25)26-11-13-4-2-1-3-5-13/h1-5,8-9,12H,6-7,10-11H2,(H,21,23)(H,22,25). The van der Waals surface area contributed by atoms with Crippen LogP contribution in [0.5, 0.6) is 0 Å². The molecule has 6 nitrogen and oxygen atoms in total. The largest absolute Gasteiger partial charge is 0.445 e. The molecule has 0 unspecified atom stereocenters. The molecule has 0 spiro atoms. The summed E-state index contributed by atoms with van der Waals surface area (Å²) < 4.78 is 33.6. The number of benzene rings is 2. The Kier molecular flexibility index (Phi) is 5.62. The minimum Gasteiger partial charge on any atom is -0.445 e. The number of halogens is 2. The lowest BCUT2D eigenvalue weighted by Gasteiger charge is -2.27. The highest BCUT2D eigenvalue weighted by Gasteiger charge is 2.19. The summed E-state index contributed by atoms with van der Waals surface area (Å²) in [6.07, 6.45) is 0.730. The topological polar surface area (TPSA) is 66.0 Å². The van der Waals surface area contributed by atoms with Crippen LogP contribution in [0.15, 0.2) is 47.5 Å². The predicted molar refractivity (Wildman–Crippen MR) is 93.7 cm³/mol. The number of alkyl carbamates (subject to hydrolysis) is 1. The number of carbonyl (C=O) groups is 1. The lowest BCUT2D eigenvalue weighted by Crippen LogP contribution is -2.43. The van der Waals surface area contributed by atoms with Gasteiger partial charge in [0.05, 0.1) is 13.1 Å². The Morgan fingerprint density at radius 2 is 1.92 bits per heavy atom. The second-order valence-corrected chi connectivity index (χ2v) is 5.64. The number of ether oxygens (including phenoxy) is 1. The quantitative estimate of drug-likeness (QED) is 0.861. The summed E-state index contributed by atoms with van der Waals surface area (Å²) in [6.45, 7) is 0.878. The van der Waals surface area contributed by atoms with Gasteiger partial charge in [-0.25, -0.2) is 13.6 Å². The van der Waals surface area contributed by atoms with Crippen LogP contribution in [0.3, 0.4) is 0 Å². The van der Waals surface area contributed by atoms with E-state index in [1.165, 1.54) is 23.5 Å². The monoisotopic (exact) mass is 360 g/mol. The maximum atomic E-state index is 14.3. The number of nitrogens with zero attached hydrogens (tertiary/aromatic N) is 2. The number of hydrogen-bond acceptors (Lipinski definition) is 5. The molecule has 0 atom stereocenters. The number of rotatable bonds is 5. The lowest BCUT2D eigenvalue weighted by molar-refractivity contribution is 0.139. The average Bonchev–Trinajstić information content (AvgIpc) is 2.66. The van der Waals surface area contributed by atoms with Gasteiger partial charge in [-0.15, -0.1) is 0 Å². The van der Waals surface area contributed by atoms with Crippen molar-refractivity contribution in [2.45, 2.75) is 13.2 Å². The number of nitrogens with one attached hydrogen (secondary N) is 2. The molecular weight excluding hydrogens is 342 g/mol. The fourth-order valence-electron chi connectivity index (χ4n) is 2.50. The van der Waals surface area contributed by atoms with Gasteiger partial charge in [0.2, 0.25) is 0 Å². The summed E-state index contributed by atoms with van der Waals surface area (Å²) in [5, 5.41) is 3.83. The van der Waals surface area contributed by atoms with Crippen molar-refractivity contribution in [1.29, 1.82) is 0 Å². The normalized spacial score (nSPS) is 13.2. The number of hydrogen-bond donors (Lipinski definition) is 2. The highest BCUT2D eigenvalue weighted by atomic mass is 19.1. The van der Waals surface area contributed by atoms with Gasteiger partial charge in [-0.3, -0.25) is 15.4 Å². The van der Waals surface area contributed by atoms with E-state index in [0.29, 0.717) is 18.7 Å². The Morgan fingerprint density at radius 3 is 2.58 bits per heavy atom. The first-order chi connectivity index (χ1) is 12.6. The molecule has 0 saturated heterocycles. The van der Waals surface area contributed by atoms with E-state index in [9.17, 15) is 13.6 Å². The number of carbonyl (C=O) groups excluding carboxylic acids is 1. The minimum atomic E-state index is -0.720. The summed E-state index contributed by atoms with van der Waals surface area (Å²) >= 11 is 0. The van der Waals surface area contributed by atoms with Crippen molar-refractivity contribution in [2.75, 3.05) is 18.1 Å². The van der Waals surface area contributed by atoms with Crippen molar-refractivity contribution in [3.05, 3.63) is 65.2 Å². The van der Waals surface area contributed by atoms with Crippen LogP contribution >= 0.6 is 0 Å². The molecule has 0 saturated carbocycles. The van der Waals surface area contributed by atoms with Gasteiger partial charge < -0.3 is 10.1 Å². The van der Waals surface area contributed by atoms with E-state index in [0.717, 1.165) is 5.56 Å². The van der Waals surface area contributed by atoms with Gasteiger partial charge >= 0.3 is 6.09 Å². The zero-order valence-electron chi connectivity index (χ0n) is 13.9. The highest BCUT2D eigenvalue weighted by Crippen LogP contribution is 2.24. The van der Waals surface area contributed by atoms with Gasteiger partial charge in [-0.1, -0.05) is 30.3 Å². The first-order valence-corrected chi connectivity index (χ1v) is 8.08. The predicted octanol–water partition coefficient (Wildman–Crippen LogP) is 2.74. The highest BCUT2D eigenvalue weighted by molar-refractivity contribution is 5.67. The summed E-state index contributed by atoms with van der Waals surface area (Å²) in [5.41, 5.74) is 3.66. The molecule has 0 fully saturated rings. The van der Waals surface area contributed by atoms with Crippen molar-refractivity contribution >= 4 is 18.1 Å². The summed E-state index contributed by atoms with van der Waals surface area (Å²) in [7, 11) is 0. The van der Waals surface area contributed by atoms with Gasteiger partial charge in [0.1, 0.15) is 18.6 Å². The first-order valence-electron chi connectivity index (χ1n) is 8.08. The number of amides is 1. The van der Waals surface area contributed by atoms with E-state index in [1.807, 2.05) is 30.3 Å². The second-order valence-electron chi connectivity index (χ2n) is 5.64. The van der Waals surface area contributed by atoms with Gasteiger partial charge in [-0.2, -0.15) is 0 Å². The Bertz CT molecular complexity index is 776. The molecule has 136 valence electrons. The van der Waals surface area contributed by atoms with E-state index >= 15 is 0 Å². The summed E-state index contributed by atoms with van der Waals surface area (Å²) in [6, 6.07) is 11.6. The molecule has 2 aromatic rings. The molecule has 1 heterocycles. The van der Waals surface area contributed by atoms with Crippen molar-refractivity contribution in [3.8, 4) is 0 Å². The molecule has 0 aromatic heterocycles. The van der Waals surface area contributed by atoms with Crippen LogP contribution in [0, 0.1) is 11.6 Å². The molecule has 0 radical (unpaired) electrons. The van der Waals surface area contributed by atoms with Crippen LogP contribution in [-0.4, -0.2) is 25.5 Å². The van der Waals surface area contributed by atoms with Gasteiger partial charge in [0.25, 0.3) is 0 Å². The van der Waals surface area contributed by atoms with E-state index in [1.54, 1.807) is 0 Å². The van der Waals surface area contributed by atoms with E-state index < -0.39 is 17.7 Å². The van der Waals surface area contributed by atoms with Gasteiger partial charge in [0.15, 0.2) is 11.6 Å². The zero-order chi connectivity index (χ0) is 18.4. The van der Waals surface area contributed by atoms with Crippen molar-refractivity contribution in [3.63, 3.8) is 0 Å². The summed E-state index contributed by atoms with van der Waals surface area (Å²) in [4.78, 5) is 15.7. The van der Waals surface area contributed by atoms with Crippen molar-refractivity contribution in [1.82, 2.24) is 10.7 Å². The van der Waals surface area contributed by atoms with E-state index in [4.69, 9.17) is 4.74 Å². The Hall–Kier alpha value is -3.16. The molecule has 2 aromatic carbocycles. The molecular formula is C18H18F2N4O2. The molecule has 1 amide bonds. The fourth-order valence-corrected chi connectivity index (χ4v) is 2.50. The molecule has 3 rings (SSSR count). The maximum absolute atomic E-state index is 14.3. The Balaban J connectivity index is 1.56. The molecule has 26 heavy (non-hydrogen) atoms. The average molecular weight is 360 g/mol. The third-order valence-corrected chi connectivity index (χ3v) is 3.75. The third kappa shape index (κ3) is 4.47. The van der Waals surface area contributed by atoms with Crippen LogP contribution in [0.25, 0.3) is 0 Å². The SMILES string of the molecule is O=C(NCc1cc(F)c(N2CCN=CN2)c(F)c1)OCc1ccccc1. The Morgan fingerprint density at radius 1 is 1.19 bits per heavy atom. The van der Waals surface area contributed by atoms with Crippen LogP contribution in [0.2, 0.25) is 0 Å². The second kappa shape index (κ2) is 8.28. The van der Waals surface area contributed by atoms with Crippen LogP contribution in [0.4, 0.5) is 19.3 Å². The zero-order valence-corrected chi connectivity index (χ0v) is 13.9. The van der Waals surface area contributed by atoms with Crippen LogP contribution < -0.4 is 15.8 Å². The van der Waals surface area contributed by atoms with Crippen molar-refractivity contribution < 1.29 is 18.3 Å². The van der Waals surface area contributed by atoms with E-state index in [-0.39, 0.29) is 18.8 Å². The molecule has 0 bridgehead atoms. The molecule has 0 aliphatic carbocycles. The number of hydrazine groups is 1. The fraction of sp³-hybridized carbons (Fsp3) is 0.222. The molecule has 1 aliphatic heterocycles. The van der Waals surface area contributed by atoms with Crippen LogP contribution in [0.1, 0.15) is 11.1 Å². The van der Waals surface area contributed by atoms with Gasteiger partial charge in [0, 0.05) is 6.54 Å². The minimum absolute atomic E-state index is 0.0450. The van der Waals surface area contributed by atoms with E-state index in [2.05, 4.69) is 15.7 Å². The Labute approximate surface area is 149 Å². The molecule has 2 N–H and O–H groups in total. The lowest BCUT2D eigenvalue weighted by atomic mass is 10.1. The van der Waals surface area contributed by atoms with Gasteiger partial charge in [-0.05, 0) is 23.3 Å². The van der Waals surface area contributed by atoms with Crippen molar-refractivity contribution in [2.24, 2.45) is 4.99 Å². The maximum Gasteiger partial charge on any atom is 0.407 e. The third-order valence-electron chi connectivity index (χ3n) is 3.75. The smallest absolute Gasteiger partial charge is 0.407 e. The number of aliphatic imine (C=N–C) groups is 1. The molecule has 1 aliphatic rings. The van der Waals surface area contributed by atoms with Crippen LogP contribution in [-0.2, 0) is 17.9 Å². The number of anilines is 1.